The zero-order chi connectivity index (χ0) is 12.5. The largest absolute Gasteiger partial charge is 0.396 e. The molecule has 0 atom stereocenters. The van der Waals surface area contributed by atoms with E-state index in [-0.39, 0.29) is 17.9 Å². The number of hydrogen-bond donors (Lipinski definition) is 2. The Labute approximate surface area is 105 Å². The Morgan fingerprint density at radius 3 is 2.71 bits per heavy atom. The number of amides is 1. The summed E-state index contributed by atoms with van der Waals surface area (Å²) in [7, 11) is 0. The molecule has 1 saturated carbocycles. The normalized spacial score (nSPS) is 16.9. The van der Waals surface area contributed by atoms with E-state index in [0.717, 1.165) is 30.0 Å². The highest BCUT2D eigenvalue weighted by Gasteiger charge is 2.42. The molecular formula is C12H18N2O2S. The van der Waals surface area contributed by atoms with E-state index in [4.69, 9.17) is 5.11 Å². The molecular weight excluding hydrogens is 236 g/mol. The van der Waals surface area contributed by atoms with Crippen molar-refractivity contribution in [2.75, 3.05) is 13.2 Å². The molecule has 1 amide bonds. The first-order valence-corrected chi connectivity index (χ1v) is 6.71. The number of aliphatic hydroxyl groups is 1. The van der Waals surface area contributed by atoms with Gasteiger partial charge in [0.05, 0.1) is 10.7 Å². The van der Waals surface area contributed by atoms with Crippen LogP contribution in [0.4, 0.5) is 0 Å². The van der Waals surface area contributed by atoms with Gasteiger partial charge in [-0.25, -0.2) is 4.98 Å². The first-order chi connectivity index (χ1) is 8.06. The summed E-state index contributed by atoms with van der Waals surface area (Å²) in [6.45, 7) is 4.64. The topological polar surface area (TPSA) is 62.2 Å². The zero-order valence-electron chi connectivity index (χ0n) is 10.2. The van der Waals surface area contributed by atoms with Gasteiger partial charge in [-0.15, -0.1) is 11.3 Å². The number of rotatable bonds is 5. The number of aliphatic hydroxyl groups excluding tert-OH is 1. The molecule has 1 aromatic heterocycles. The lowest BCUT2D eigenvalue weighted by molar-refractivity contribution is 0.0944. The van der Waals surface area contributed by atoms with Crippen molar-refractivity contribution >= 4 is 17.2 Å². The average molecular weight is 254 g/mol. The molecule has 4 nitrogen and oxygen atoms in total. The van der Waals surface area contributed by atoms with Gasteiger partial charge < -0.3 is 10.4 Å². The number of carbonyl (C=O) groups excluding carboxylic acids is 1. The minimum Gasteiger partial charge on any atom is -0.396 e. The average Bonchev–Trinajstić information content (AvgIpc) is 2.95. The quantitative estimate of drug-likeness (QED) is 0.840. The SMILES string of the molecule is Cc1nc(C)c(C(=O)NCC2(CCO)CC2)s1. The fourth-order valence-corrected chi connectivity index (χ4v) is 2.86. The van der Waals surface area contributed by atoms with Crippen molar-refractivity contribution < 1.29 is 9.90 Å². The maximum Gasteiger partial charge on any atom is 0.263 e. The molecule has 0 bridgehead atoms. The van der Waals surface area contributed by atoms with Gasteiger partial charge in [0, 0.05) is 13.2 Å². The van der Waals surface area contributed by atoms with Crippen molar-refractivity contribution in [3.05, 3.63) is 15.6 Å². The van der Waals surface area contributed by atoms with E-state index in [1.54, 1.807) is 0 Å². The van der Waals surface area contributed by atoms with Gasteiger partial charge in [0.1, 0.15) is 4.88 Å². The van der Waals surface area contributed by atoms with Gasteiger partial charge in [0.25, 0.3) is 5.91 Å². The smallest absolute Gasteiger partial charge is 0.263 e. The maximum absolute atomic E-state index is 12.0. The van der Waals surface area contributed by atoms with Crippen LogP contribution in [0.3, 0.4) is 0 Å². The van der Waals surface area contributed by atoms with Crippen molar-refractivity contribution in [1.29, 1.82) is 0 Å². The third-order valence-electron chi connectivity index (χ3n) is 3.33. The van der Waals surface area contributed by atoms with Gasteiger partial charge in [0.15, 0.2) is 0 Å². The van der Waals surface area contributed by atoms with Crippen LogP contribution in [0.25, 0.3) is 0 Å². The minimum absolute atomic E-state index is 0.0303. The van der Waals surface area contributed by atoms with Gasteiger partial charge in [-0.2, -0.15) is 0 Å². The van der Waals surface area contributed by atoms with Crippen molar-refractivity contribution in [2.24, 2.45) is 5.41 Å². The summed E-state index contributed by atoms with van der Waals surface area (Å²) in [6, 6.07) is 0. The van der Waals surface area contributed by atoms with E-state index in [9.17, 15) is 4.79 Å². The van der Waals surface area contributed by atoms with Crippen LogP contribution < -0.4 is 5.32 Å². The lowest BCUT2D eigenvalue weighted by Crippen LogP contribution is -2.30. The molecule has 1 fully saturated rings. The monoisotopic (exact) mass is 254 g/mol. The standard InChI is InChI=1S/C12H18N2O2S/c1-8-10(17-9(2)14-8)11(16)13-7-12(3-4-12)5-6-15/h15H,3-7H2,1-2H3,(H,13,16). The first-order valence-electron chi connectivity index (χ1n) is 5.89. The molecule has 0 aromatic carbocycles. The summed E-state index contributed by atoms with van der Waals surface area (Å²) < 4.78 is 0. The number of nitrogens with one attached hydrogen (secondary N) is 1. The second-order valence-corrected chi connectivity index (χ2v) is 6.01. The zero-order valence-corrected chi connectivity index (χ0v) is 11.1. The molecule has 0 radical (unpaired) electrons. The highest BCUT2D eigenvalue weighted by molar-refractivity contribution is 7.13. The lowest BCUT2D eigenvalue weighted by atomic mass is 10.0. The molecule has 1 aliphatic carbocycles. The number of carbonyl (C=O) groups is 1. The van der Waals surface area contributed by atoms with Crippen LogP contribution >= 0.6 is 11.3 Å². The second-order valence-electron chi connectivity index (χ2n) is 4.80. The predicted octanol–water partition coefficient (Wildman–Crippen LogP) is 1.65. The molecule has 5 heteroatoms. The van der Waals surface area contributed by atoms with Gasteiger partial charge >= 0.3 is 0 Å². The third kappa shape index (κ3) is 2.84. The summed E-state index contributed by atoms with van der Waals surface area (Å²) in [6.07, 6.45) is 3.00. The molecule has 1 aromatic rings. The molecule has 94 valence electrons. The van der Waals surface area contributed by atoms with Gasteiger partial charge in [-0.1, -0.05) is 0 Å². The van der Waals surface area contributed by atoms with E-state index in [0.29, 0.717) is 11.4 Å². The lowest BCUT2D eigenvalue weighted by Gasteiger charge is -2.13. The molecule has 0 spiro atoms. The summed E-state index contributed by atoms with van der Waals surface area (Å²) in [5.74, 6) is -0.0303. The summed E-state index contributed by atoms with van der Waals surface area (Å²) >= 11 is 1.43. The Bertz CT molecular complexity index is 424. The molecule has 0 saturated heterocycles. The van der Waals surface area contributed by atoms with Crippen molar-refractivity contribution in [3.63, 3.8) is 0 Å². The van der Waals surface area contributed by atoms with Crippen molar-refractivity contribution in [1.82, 2.24) is 10.3 Å². The second kappa shape index (κ2) is 4.74. The molecule has 2 N–H and O–H groups in total. The Kier molecular flexibility index (Phi) is 3.49. The Morgan fingerprint density at radius 2 is 2.24 bits per heavy atom. The highest BCUT2D eigenvalue weighted by atomic mass is 32.1. The number of aryl methyl sites for hydroxylation is 2. The van der Waals surface area contributed by atoms with Gasteiger partial charge in [-0.3, -0.25) is 4.79 Å². The summed E-state index contributed by atoms with van der Waals surface area (Å²) in [5, 5.41) is 12.8. The number of nitrogens with zero attached hydrogens (tertiary/aromatic N) is 1. The Hall–Kier alpha value is -0.940. The van der Waals surface area contributed by atoms with E-state index in [1.165, 1.54) is 11.3 Å². The van der Waals surface area contributed by atoms with Crippen LogP contribution in [0, 0.1) is 19.3 Å². The molecule has 1 heterocycles. The molecule has 0 unspecified atom stereocenters. The maximum atomic E-state index is 12.0. The van der Waals surface area contributed by atoms with E-state index in [1.807, 2.05) is 13.8 Å². The van der Waals surface area contributed by atoms with Crippen molar-refractivity contribution in [2.45, 2.75) is 33.1 Å². The first kappa shape index (κ1) is 12.5. The van der Waals surface area contributed by atoms with Crippen LogP contribution in [0.15, 0.2) is 0 Å². The summed E-state index contributed by atoms with van der Waals surface area (Å²) in [4.78, 5) is 16.9. The predicted molar refractivity (Wildman–Crippen MR) is 67.3 cm³/mol. The highest BCUT2D eigenvalue weighted by Crippen LogP contribution is 2.47. The van der Waals surface area contributed by atoms with Gasteiger partial charge in [0.2, 0.25) is 0 Å². The van der Waals surface area contributed by atoms with Crippen LogP contribution in [0.2, 0.25) is 0 Å². The summed E-state index contributed by atoms with van der Waals surface area (Å²) in [5.41, 5.74) is 0.968. The Morgan fingerprint density at radius 1 is 1.53 bits per heavy atom. The molecule has 0 aliphatic heterocycles. The fraction of sp³-hybridized carbons (Fsp3) is 0.667. The fourth-order valence-electron chi connectivity index (χ4n) is 2.02. The number of hydrogen-bond acceptors (Lipinski definition) is 4. The van der Waals surface area contributed by atoms with Crippen LogP contribution in [-0.2, 0) is 0 Å². The third-order valence-corrected chi connectivity index (χ3v) is 4.40. The van der Waals surface area contributed by atoms with E-state index in [2.05, 4.69) is 10.3 Å². The van der Waals surface area contributed by atoms with Crippen molar-refractivity contribution in [3.8, 4) is 0 Å². The van der Waals surface area contributed by atoms with Crippen LogP contribution in [0.1, 0.15) is 39.6 Å². The number of thiazole rings is 1. The molecule has 2 rings (SSSR count). The van der Waals surface area contributed by atoms with E-state index < -0.39 is 0 Å². The van der Waals surface area contributed by atoms with Crippen LogP contribution in [-0.4, -0.2) is 29.1 Å². The molecule has 17 heavy (non-hydrogen) atoms. The minimum atomic E-state index is -0.0303. The number of aromatic nitrogens is 1. The van der Waals surface area contributed by atoms with E-state index >= 15 is 0 Å². The Balaban J connectivity index is 1.92. The molecule has 1 aliphatic rings. The van der Waals surface area contributed by atoms with Crippen LogP contribution in [0.5, 0.6) is 0 Å². The van der Waals surface area contributed by atoms with Gasteiger partial charge in [-0.05, 0) is 38.5 Å².